The maximum Gasteiger partial charge on any atom is 0.321 e. The number of aliphatic hydroxyl groups is 1. The van der Waals surface area contributed by atoms with Crippen LogP contribution in [0.1, 0.15) is 121 Å². The number of methoxy groups -OCH3 is 1. The molecule has 1 fully saturated rings. The number of hydrogen-bond acceptors (Lipinski definition) is 7. The third-order valence-corrected chi connectivity index (χ3v) is 11.4. The lowest BCUT2D eigenvalue weighted by Crippen LogP contribution is -2.25. The Balaban J connectivity index is 1.53. The van der Waals surface area contributed by atoms with Crippen LogP contribution in [0.2, 0.25) is 0 Å². The van der Waals surface area contributed by atoms with E-state index in [1.165, 1.54) is 12.7 Å². The minimum absolute atomic E-state index is 0.116. The molecule has 10 nitrogen and oxygen atoms in total. The summed E-state index contributed by atoms with van der Waals surface area (Å²) >= 11 is 0. The number of ether oxygens (including phenoxy) is 2. The lowest BCUT2D eigenvalue weighted by molar-refractivity contribution is -0.143. The number of aliphatic hydroxyl groups excluding tert-OH is 1. The van der Waals surface area contributed by atoms with Gasteiger partial charge in [-0.05, 0) is 99.9 Å². The molecule has 5 N–H and O–H groups in total. The van der Waals surface area contributed by atoms with Gasteiger partial charge in [-0.3, -0.25) is 14.4 Å². The monoisotopic (exact) mass is 708 g/mol. The van der Waals surface area contributed by atoms with Crippen molar-refractivity contribution in [3.8, 4) is 0 Å². The van der Waals surface area contributed by atoms with E-state index in [2.05, 4.69) is 54.9 Å². The predicted molar refractivity (Wildman–Crippen MR) is 202 cm³/mol. The van der Waals surface area contributed by atoms with Crippen molar-refractivity contribution in [1.82, 2.24) is 20.3 Å². The normalized spacial score (nSPS) is 23.0. The smallest absolute Gasteiger partial charge is 0.321 e. The molecule has 3 atom stereocenters. The zero-order valence-corrected chi connectivity index (χ0v) is 31.7. The van der Waals surface area contributed by atoms with Gasteiger partial charge < -0.3 is 34.8 Å². The van der Waals surface area contributed by atoms with Crippen molar-refractivity contribution in [2.75, 3.05) is 13.7 Å². The Labute approximate surface area is 305 Å². The number of Topliss-reactive ketones (excluding diaryl/α,β-unsaturated/α-hetero) is 1. The van der Waals surface area contributed by atoms with E-state index in [0.717, 1.165) is 92.7 Å². The Kier molecular flexibility index (Phi) is 10.7. The van der Waals surface area contributed by atoms with Gasteiger partial charge in [0.25, 0.3) is 0 Å². The number of aromatic nitrogens is 3. The Morgan fingerprint density at radius 1 is 0.923 bits per heavy atom. The first-order chi connectivity index (χ1) is 24.9. The van der Waals surface area contributed by atoms with Gasteiger partial charge in [0, 0.05) is 74.1 Å². The number of nitrogens with one attached hydrogen (secondary N) is 4. The average Bonchev–Trinajstić information content (AvgIpc) is 3.86. The van der Waals surface area contributed by atoms with Crippen LogP contribution in [0, 0.1) is 38.5 Å². The third kappa shape index (κ3) is 6.53. The van der Waals surface area contributed by atoms with Crippen LogP contribution in [0.15, 0.2) is 23.0 Å². The molecule has 3 aromatic rings. The summed E-state index contributed by atoms with van der Waals surface area (Å²) in [5.41, 5.74) is 11.6. The van der Waals surface area contributed by atoms with E-state index in [1.807, 2.05) is 38.2 Å². The van der Waals surface area contributed by atoms with Crippen LogP contribution in [0.4, 0.5) is 0 Å². The average molecular weight is 709 g/mol. The summed E-state index contributed by atoms with van der Waals surface area (Å²) in [6.45, 7) is 14.5. The fourth-order valence-electron chi connectivity index (χ4n) is 8.15. The number of unbranched alkanes of at least 4 members (excludes halogenated alkanes) is 1. The van der Waals surface area contributed by atoms with E-state index in [9.17, 15) is 19.5 Å². The SMILES string of the molecule is CCCC/C(C)=C/COC(=O)CC[C@@H]1/C2=C3/c4[nH]c(c(C)c4C(=O)[C@@H]3C(=O)OC)/C=c3\[nH]/c(c(C)c3CC)=C\c3[nH]c(c(C)c3CO)/C=C(\N2)[C@H]1C. The van der Waals surface area contributed by atoms with E-state index in [4.69, 9.17) is 9.47 Å². The topological polar surface area (TPSA) is 149 Å². The molecule has 276 valence electrons. The van der Waals surface area contributed by atoms with Gasteiger partial charge in [0.15, 0.2) is 5.78 Å². The molecule has 1 aliphatic carbocycles. The molecule has 3 aliphatic rings. The van der Waals surface area contributed by atoms with Crippen LogP contribution in [-0.4, -0.2) is 51.5 Å². The van der Waals surface area contributed by atoms with Crippen LogP contribution in [0.5, 0.6) is 0 Å². The number of H-pyrrole nitrogens is 3. The molecule has 0 aromatic carbocycles. The first kappa shape index (κ1) is 36.9. The summed E-state index contributed by atoms with van der Waals surface area (Å²) in [5.74, 6) is -2.75. The molecule has 3 aromatic heterocycles. The van der Waals surface area contributed by atoms with Crippen molar-refractivity contribution in [2.24, 2.45) is 17.8 Å². The van der Waals surface area contributed by atoms with E-state index in [0.29, 0.717) is 23.3 Å². The highest BCUT2D eigenvalue weighted by Crippen LogP contribution is 2.48. The summed E-state index contributed by atoms with van der Waals surface area (Å²) in [6.07, 6.45) is 12.7. The molecule has 6 rings (SSSR count). The second-order valence-corrected chi connectivity index (χ2v) is 14.5. The van der Waals surface area contributed by atoms with Crippen molar-refractivity contribution in [3.05, 3.63) is 89.9 Å². The first-order valence-corrected chi connectivity index (χ1v) is 18.6. The lowest BCUT2D eigenvalue weighted by Gasteiger charge is -2.19. The largest absolute Gasteiger partial charge is 0.468 e. The molecule has 0 saturated carbocycles. The van der Waals surface area contributed by atoms with Gasteiger partial charge in [-0.25, -0.2) is 0 Å². The molecule has 5 heterocycles. The molecule has 1 saturated heterocycles. The van der Waals surface area contributed by atoms with Crippen molar-refractivity contribution in [1.29, 1.82) is 0 Å². The molecule has 8 bridgehead atoms. The van der Waals surface area contributed by atoms with Crippen LogP contribution < -0.4 is 16.0 Å². The molecular weight excluding hydrogens is 656 g/mol. The highest BCUT2D eigenvalue weighted by Gasteiger charge is 2.48. The molecule has 0 unspecified atom stereocenters. The summed E-state index contributed by atoms with van der Waals surface area (Å²) in [6, 6.07) is 0. The van der Waals surface area contributed by atoms with Gasteiger partial charge in [0.2, 0.25) is 0 Å². The Morgan fingerprint density at radius 3 is 2.35 bits per heavy atom. The van der Waals surface area contributed by atoms with Crippen molar-refractivity contribution >= 4 is 41.5 Å². The van der Waals surface area contributed by atoms with E-state index >= 15 is 0 Å². The number of carbonyl (C=O) groups excluding carboxylic acids is 3. The highest BCUT2D eigenvalue weighted by atomic mass is 16.5. The standard InChI is InChI=1S/C42H52N4O6/c1-9-11-12-21(3)15-16-52-35(48)14-13-27-23(5)31-17-29-24(6)28(20-47)34(44-29)18-30-22(4)26(10-2)33(43-30)19-32-25(7)36-40(46-32)37(39(27)45-31)38(41(36)49)42(50)51-8/h15,17-19,23,27,38,43-47H,9-14,16,20H2,1-8H3/b21-15+,30-18-,31-17-,33-19-,39-37-/t23-,27-,38+/m0/s1. The molecule has 0 amide bonds. The number of ketones is 1. The number of allylic oxidation sites excluding steroid dienone is 3. The quantitative estimate of drug-likeness (QED) is 0.0979. The second kappa shape index (κ2) is 15.0. The van der Waals surface area contributed by atoms with E-state index in [-0.39, 0.29) is 43.2 Å². The van der Waals surface area contributed by atoms with Crippen LogP contribution in [0.3, 0.4) is 0 Å². The molecule has 10 heteroatoms. The van der Waals surface area contributed by atoms with Crippen molar-refractivity contribution < 1.29 is 29.0 Å². The van der Waals surface area contributed by atoms with Gasteiger partial charge >= 0.3 is 11.9 Å². The maximum atomic E-state index is 14.3. The van der Waals surface area contributed by atoms with Gasteiger partial charge in [0.1, 0.15) is 12.5 Å². The van der Waals surface area contributed by atoms with Crippen molar-refractivity contribution in [2.45, 2.75) is 93.6 Å². The summed E-state index contributed by atoms with van der Waals surface area (Å²) in [4.78, 5) is 51.5. The Hall–Kier alpha value is -4.83. The van der Waals surface area contributed by atoms with Gasteiger partial charge in [-0.2, -0.15) is 0 Å². The number of aromatic amines is 3. The van der Waals surface area contributed by atoms with Crippen LogP contribution in [0.25, 0.3) is 23.8 Å². The van der Waals surface area contributed by atoms with Crippen LogP contribution >= 0.6 is 0 Å². The Morgan fingerprint density at radius 2 is 1.65 bits per heavy atom. The van der Waals surface area contributed by atoms with Gasteiger partial charge in [0.05, 0.1) is 19.4 Å². The van der Waals surface area contributed by atoms with Gasteiger partial charge in [-0.15, -0.1) is 0 Å². The minimum atomic E-state index is -1.16. The lowest BCUT2D eigenvalue weighted by atomic mass is 9.85. The number of fused-ring (bicyclic) bond motifs is 7. The molecule has 0 spiro atoms. The zero-order chi connectivity index (χ0) is 37.4. The van der Waals surface area contributed by atoms with Gasteiger partial charge in [-0.1, -0.05) is 32.8 Å². The van der Waals surface area contributed by atoms with E-state index in [1.54, 1.807) is 0 Å². The molecule has 0 radical (unpaired) electrons. The fourth-order valence-corrected chi connectivity index (χ4v) is 8.15. The molecular formula is C42H52N4O6. The Bertz CT molecular complexity index is 2150. The summed E-state index contributed by atoms with van der Waals surface area (Å²) in [5, 5.41) is 16.0. The number of carbonyl (C=O) groups is 3. The summed E-state index contributed by atoms with van der Waals surface area (Å²) in [7, 11) is 1.30. The van der Waals surface area contributed by atoms with Crippen LogP contribution in [-0.2, 0) is 32.1 Å². The number of rotatable bonds is 11. The van der Waals surface area contributed by atoms with Crippen molar-refractivity contribution in [3.63, 3.8) is 0 Å². The number of esters is 2. The highest BCUT2D eigenvalue weighted by molar-refractivity contribution is 6.24. The zero-order valence-electron chi connectivity index (χ0n) is 31.7. The maximum absolute atomic E-state index is 14.3. The number of hydrogen-bond donors (Lipinski definition) is 5. The first-order valence-electron chi connectivity index (χ1n) is 18.6. The predicted octanol–water partition coefficient (Wildman–Crippen LogP) is 5.67. The fraction of sp³-hybridized carbons (Fsp3) is 0.452. The van der Waals surface area contributed by atoms with E-state index < -0.39 is 11.9 Å². The molecule has 52 heavy (non-hydrogen) atoms. The third-order valence-electron chi connectivity index (χ3n) is 11.4. The minimum Gasteiger partial charge on any atom is -0.468 e. The molecule has 2 aliphatic heterocycles. The second-order valence-electron chi connectivity index (χ2n) is 14.5. The summed E-state index contributed by atoms with van der Waals surface area (Å²) < 4.78 is 10.9.